The fourth-order valence-corrected chi connectivity index (χ4v) is 3.51. The highest BCUT2D eigenvalue weighted by Crippen LogP contribution is 2.41. The molecule has 1 atom stereocenters. The monoisotopic (exact) mass is 336 g/mol. The van der Waals surface area contributed by atoms with Gasteiger partial charge >= 0.3 is 6.03 Å². The maximum absolute atomic E-state index is 12.9. The molecule has 0 bridgehead atoms. The van der Waals surface area contributed by atoms with Crippen LogP contribution in [0.2, 0.25) is 0 Å². The molecule has 126 valence electrons. The van der Waals surface area contributed by atoms with Gasteiger partial charge in [0.05, 0.1) is 11.9 Å². The molecule has 1 fully saturated rings. The van der Waals surface area contributed by atoms with Crippen LogP contribution in [0.3, 0.4) is 0 Å². The van der Waals surface area contributed by atoms with Crippen LogP contribution >= 0.6 is 0 Å². The number of aromatic nitrogens is 1. The lowest BCUT2D eigenvalue weighted by molar-refractivity contribution is -0.134. The number of imide groups is 1. The maximum atomic E-state index is 12.9. The maximum Gasteiger partial charge on any atom is 0.325 e. The summed E-state index contributed by atoms with van der Waals surface area (Å²) in [7, 11) is 0. The fourth-order valence-electron chi connectivity index (χ4n) is 3.51. The fraction of sp³-hybridized carbons (Fsp3) is 0.222. The van der Waals surface area contributed by atoms with E-state index < -0.39 is 17.5 Å². The van der Waals surface area contributed by atoms with Gasteiger partial charge in [-0.3, -0.25) is 19.5 Å². The molecule has 1 aromatic heterocycles. The zero-order valence-corrected chi connectivity index (χ0v) is 13.4. The van der Waals surface area contributed by atoms with Crippen LogP contribution in [0.5, 0.6) is 0 Å². The van der Waals surface area contributed by atoms with E-state index in [2.05, 4.69) is 15.6 Å². The van der Waals surface area contributed by atoms with Gasteiger partial charge in [-0.1, -0.05) is 24.3 Å². The van der Waals surface area contributed by atoms with Crippen molar-refractivity contribution < 1.29 is 14.4 Å². The van der Waals surface area contributed by atoms with Crippen molar-refractivity contribution in [3.63, 3.8) is 0 Å². The highest BCUT2D eigenvalue weighted by Gasteiger charge is 2.55. The number of anilines is 1. The minimum absolute atomic E-state index is 0.330. The number of carbonyl (C=O) groups excluding carboxylic acids is 3. The van der Waals surface area contributed by atoms with Crippen LogP contribution in [0.15, 0.2) is 48.8 Å². The van der Waals surface area contributed by atoms with Gasteiger partial charge in [0.2, 0.25) is 5.91 Å². The summed E-state index contributed by atoms with van der Waals surface area (Å²) in [5.74, 6) is -0.816. The van der Waals surface area contributed by atoms with Crippen molar-refractivity contribution in [3.05, 3.63) is 59.9 Å². The molecule has 1 aromatic carbocycles. The number of urea groups is 1. The van der Waals surface area contributed by atoms with Crippen molar-refractivity contribution in [2.75, 3.05) is 11.9 Å². The minimum Gasteiger partial charge on any atom is -0.323 e. The zero-order valence-electron chi connectivity index (χ0n) is 13.4. The predicted molar refractivity (Wildman–Crippen MR) is 89.6 cm³/mol. The molecule has 1 spiro atoms. The van der Waals surface area contributed by atoms with Crippen LogP contribution in [0, 0.1) is 0 Å². The van der Waals surface area contributed by atoms with Crippen molar-refractivity contribution in [1.29, 1.82) is 0 Å². The Morgan fingerprint density at radius 3 is 2.88 bits per heavy atom. The molecule has 1 saturated heterocycles. The van der Waals surface area contributed by atoms with E-state index in [1.165, 1.54) is 6.20 Å². The van der Waals surface area contributed by atoms with Crippen LogP contribution < -0.4 is 10.6 Å². The molecule has 2 N–H and O–H groups in total. The van der Waals surface area contributed by atoms with Crippen molar-refractivity contribution in [2.24, 2.45) is 0 Å². The van der Waals surface area contributed by atoms with E-state index in [-0.39, 0.29) is 12.5 Å². The van der Waals surface area contributed by atoms with E-state index in [1.807, 2.05) is 24.3 Å². The number of nitrogens with zero attached hydrogens (tertiary/aromatic N) is 2. The lowest BCUT2D eigenvalue weighted by Gasteiger charge is -2.22. The number of hydrogen-bond donors (Lipinski definition) is 2. The normalized spacial score (nSPS) is 21.4. The third kappa shape index (κ3) is 2.44. The Kier molecular flexibility index (Phi) is 3.49. The average Bonchev–Trinajstić information content (AvgIpc) is 3.10. The molecular formula is C18H16N4O3. The number of rotatable bonds is 3. The molecule has 0 unspecified atom stereocenters. The zero-order chi connectivity index (χ0) is 17.4. The van der Waals surface area contributed by atoms with E-state index in [0.717, 1.165) is 22.4 Å². The number of benzene rings is 1. The SMILES string of the molecule is O=C(CN1C(=O)N[C@@]2(CCc3ccccc32)C1=O)Nc1cccnc1. The molecule has 7 heteroatoms. The number of hydrogen-bond acceptors (Lipinski definition) is 4. The quantitative estimate of drug-likeness (QED) is 0.829. The van der Waals surface area contributed by atoms with Crippen LogP contribution in [-0.4, -0.2) is 34.3 Å². The number of aryl methyl sites for hydroxylation is 1. The summed E-state index contributed by atoms with van der Waals surface area (Å²) in [6.45, 7) is -0.330. The predicted octanol–water partition coefficient (Wildman–Crippen LogP) is 1.41. The number of carbonyl (C=O) groups is 3. The second-order valence-corrected chi connectivity index (χ2v) is 6.17. The molecule has 2 heterocycles. The standard InChI is InChI=1S/C18H16N4O3/c23-15(20-13-5-3-9-19-10-13)11-22-16(24)18(21-17(22)25)8-7-12-4-1-2-6-14(12)18/h1-6,9-10H,7-8,11H2,(H,20,23)(H,21,25)/t18-/m1/s1. The lowest BCUT2D eigenvalue weighted by Crippen LogP contribution is -2.43. The number of pyridine rings is 1. The summed E-state index contributed by atoms with van der Waals surface area (Å²) in [6.07, 6.45) is 4.32. The Balaban J connectivity index is 1.54. The third-order valence-electron chi connectivity index (χ3n) is 4.67. The molecule has 1 aliphatic heterocycles. The number of fused-ring (bicyclic) bond motifs is 2. The first-order valence-electron chi connectivity index (χ1n) is 8.02. The highest BCUT2D eigenvalue weighted by atomic mass is 16.2. The van der Waals surface area contributed by atoms with Crippen LogP contribution in [-0.2, 0) is 21.5 Å². The topological polar surface area (TPSA) is 91.4 Å². The first-order chi connectivity index (χ1) is 12.1. The summed E-state index contributed by atoms with van der Waals surface area (Å²) in [6, 6.07) is 10.4. The minimum atomic E-state index is -1.04. The van der Waals surface area contributed by atoms with Gasteiger partial charge in [-0.05, 0) is 36.1 Å². The molecule has 0 radical (unpaired) electrons. The first kappa shape index (κ1) is 15.3. The second kappa shape index (κ2) is 5.70. The van der Waals surface area contributed by atoms with E-state index in [0.29, 0.717) is 12.1 Å². The Labute approximate surface area is 144 Å². The molecule has 2 aromatic rings. The van der Waals surface area contributed by atoms with Gasteiger partial charge in [0, 0.05) is 6.20 Å². The smallest absolute Gasteiger partial charge is 0.323 e. The second-order valence-electron chi connectivity index (χ2n) is 6.17. The Morgan fingerprint density at radius 2 is 2.08 bits per heavy atom. The van der Waals surface area contributed by atoms with Gasteiger partial charge in [-0.25, -0.2) is 4.79 Å². The summed E-state index contributed by atoms with van der Waals surface area (Å²) in [5.41, 5.74) is 1.35. The summed E-state index contributed by atoms with van der Waals surface area (Å²) < 4.78 is 0. The van der Waals surface area contributed by atoms with Crippen molar-refractivity contribution >= 4 is 23.5 Å². The van der Waals surface area contributed by atoms with Crippen molar-refractivity contribution in [1.82, 2.24) is 15.2 Å². The largest absolute Gasteiger partial charge is 0.325 e. The molecule has 4 amide bonds. The van der Waals surface area contributed by atoms with E-state index in [9.17, 15) is 14.4 Å². The van der Waals surface area contributed by atoms with E-state index in [1.54, 1.807) is 18.3 Å². The Bertz CT molecular complexity index is 868. The number of amides is 4. The molecule has 1 aliphatic carbocycles. The average molecular weight is 336 g/mol. The summed E-state index contributed by atoms with van der Waals surface area (Å²) >= 11 is 0. The van der Waals surface area contributed by atoms with Gasteiger partial charge in [-0.2, -0.15) is 0 Å². The van der Waals surface area contributed by atoms with Crippen molar-refractivity contribution in [2.45, 2.75) is 18.4 Å². The molecular weight excluding hydrogens is 320 g/mol. The van der Waals surface area contributed by atoms with Crippen molar-refractivity contribution in [3.8, 4) is 0 Å². The van der Waals surface area contributed by atoms with E-state index in [4.69, 9.17) is 0 Å². The Hall–Kier alpha value is -3.22. The van der Waals surface area contributed by atoms with Gasteiger partial charge in [0.1, 0.15) is 12.1 Å². The summed E-state index contributed by atoms with van der Waals surface area (Å²) in [4.78, 5) is 42.4. The van der Waals surface area contributed by atoms with Crippen LogP contribution in [0.25, 0.3) is 0 Å². The molecule has 2 aliphatic rings. The van der Waals surface area contributed by atoms with Gasteiger partial charge in [-0.15, -0.1) is 0 Å². The number of nitrogens with one attached hydrogen (secondary N) is 2. The molecule has 4 rings (SSSR count). The van der Waals surface area contributed by atoms with Gasteiger partial charge < -0.3 is 10.6 Å². The summed E-state index contributed by atoms with van der Waals surface area (Å²) in [5, 5.41) is 5.43. The lowest BCUT2D eigenvalue weighted by atomic mass is 9.92. The molecule has 25 heavy (non-hydrogen) atoms. The molecule has 0 saturated carbocycles. The molecule has 7 nitrogen and oxygen atoms in total. The van der Waals surface area contributed by atoms with Gasteiger partial charge in [0.15, 0.2) is 0 Å². The third-order valence-corrected chi connectivity index (χ3v) is 4.67. The van der Waals surface area contributed by atoms with Crippen LogP contribution in [0.1, 0.15) is 17.5 Å². The highest BCUT2D eigenvalue weighted by molar-refractivity contribution is 6.10. The van der Waals surface area contributed by atoms with Crippen LogP contribution in [0.4, 0.5) is 10.5 Å². The van der Waals surface area contributed by atoms with E-state index >= 15 is 0 Å². The van der Waals surface area contributed by atoms with Gasteiger partial charge in [0.25, 0.3) is 5.91 Å². The first-order valence-corrected chi connectivity index (χ1v) is 8.02. The Morgan fingerprint density at radius 1 is 1.24 bits per heavy atom.